The van der Waals surface area contributed by atoms with Crippen LogP contribution >= 0.6 is 0 Å². The van der Waals surface area contributed by atoms with Crippen molar-refractivity contribution in [2.45, 2.75) is 0 Å². The summed E-state index contributed by atoms with van der Waals surface area (Å²) in [6, 6.07) is 6.64. The lowest BCUT2D eigenvalue weighted by atomic mass is 10.2. The van der Waals surface area contributed by atoms with E-state index in [9.17, 15) is 9.18 Å². The van der Waals surface area contributed by atoms with Crippen LogP contribution in [0.25, 0.3) is 4.85 Å². The molecule has 18 heavy (non-hydrogen) atoms. The first-order chi connectivity index (χ1) is 8.72. The topological polar surface area (TPSA) is 27.9 Å². The van der Waals surface area contributed by atoms with Crippen molar-refractivity contribution in [1.82, 2.24) is 4.90 Å². The van der Waals surface area contributed by atoms with E-state index in [-0.39, 0.29) is 18.3 Å². The van der Waals surface area contributed by atoms with E-state index in [0.29, 0.717) is 31.9 Å². The minimum Gasteiger partial charge on any atom is -0.366 e. The minimum atomic E-state index is -0.238. The van der Waals surface area contributed by atoms with E-state index >= 15 is 0 Å². The van der Waals surface area contributed by atoms with E-state index < -0.39 is 0 Å². The van der Waals surface area contributed by atoms with Gasteiger partial charge in [0.05, 0.1) is 5.69 Å². The van der Waals surface area contributed by atoms with Gasteiger partial charge in [0.15, 0.2) is 0 Å². The van der Waals surface area contributed by atoms with Gasteiger partial charge >= 0.3 is 5.91 Å². The van der Waals surface area contributed by atoms with Crippen molar-refractivity contribution in [1.29, 1.82) is 0 Å². The Bertz CT molecular complexity index is 475. The number of anilines is 1. The van der Waals surface area contributed by atoms with Crippen molar-refractivity contribution >= 4 is 11.6 Å². The first-order valence-corrected chi connectivity index (χ1v) is 5.83. The summed E-state index contributed by atoms with van der Waals surface area (Å²) in [5.41, 5.74) is 0.578. The summed E-state index contributed by atoms with van der Waals surface area (Å²) in [6.07, 6.45) is 0. The number of carbonyl (C=O) groups excluding carboxylic acids is 1. The van der Waals surface area contributed by atoms with Crippen molar-refractivity contribution in [3.63, 3.8) is 0 Å². The third-order valence-corrected chi connectivity index (χ3v) is 3.04. The molecular weight excluding hydrogens is 233 g/mol. The number of benzene rings is 1. The van der Waals surface area contributed by atoms with Gasteiger partial charge in [-0.05, 0) is 12.1 Å². The summed E-state index contributed by atoms with van der Waals surface area (Å²) in [6.45, 7) is 8.87. The van der Waals surface area contributed by atoms with Crippen LogP contribution in [0.2, 0.25) is 0 Å². The van der Waals surface area contributed by atoms with Gasteiger partial charge in [-0.1, -0.05) is 12.1 Å². The highest BCUT2D eigenvalue weighted by atomic mass is 19.1. The predicted molar refractivity (Wildman–Crippen MR) is 66.7 cm³/mol. The summed E-state index contributed by atoms with van der Waals surface area (Å²) in [7, 11) is 0. The van der Waals surface area contributed by atoms with Crippen LogP contribution in [0, 0.1) is 12.4 Å². The molecule has 5 heteroatoms. The summed E-state index contributed by atoms with van der Waals surface area (Å²) in [5.74, 6) is -0.378. The van der Waals surface area contributed by atoms with E-state index in [4.69, 9.17) is 6.57 Å². The smallest absolute Gasteiger partial charge is 0.302 e. The Balaban J connectivity index is 1.97. The number of piperazine rings is 1. The Morgan fingerprint density at radius 3 is 2.56 bits per heavy atom. The van der Waals surface area contributed by atoms with Gasteiger partial charge in [0.2, 0.25) is 0 Å². The van der Waals surface area contributed by atoms with Gasteiger partial charge < -0.3 is 14.6 Å². The minimum absolute atomic E-state index is 0.0975. The molecule has 1 fully saturated rings. The number of amides is 1. The maximum Gasteiger partial charge on any atom is 0.302 e. The SMILES string of the molecule is [C-]#[N+]CC(=O)N1CCN(c2ccccc2F)CC1. The second-order valence-corrected chi connectivity index (χ2v) is 4.14. The van der Waals surface area contributed by atoms with Gasteiger partial charge in [-0.2, -0.15) is 0 Å². The zero-order valence-electron chi connectivity index (χ0n) is 9.97. The van der Waals surface area contributed by atoms with Crippen LogP contribution < -0.4 is 4.90 Å². The molecule has 0 N–H and O–H groups in total. The van der Waals surface area contributed by atoms with Gasteiger partial charge in [-0.25, -0.2) is 11.0 Å². The highest BCUT2D eigenvalue weighted by Gasteiger charge is 2.23. The van der Waals surface area contributed by atoms with Crippen LogP contribution in [0.5, 0.6) is 0 Å². The standard InChI is InChI=1S/C13H14FN3O/c1-15-10-13(18)17-8-6-16(7-9-17)12-5-3-2-4-11(12)14/h2-5H,6-10H2. The summed E-state index contributed by atoms with van der Waals surface area (Å²) < 4.78 is 13.6. The number of halogens is 1. The fourth-order valence-electron chi connectivity index (χ4n) is 2.07. The van der Waals surface area contributed by atoms with Gasteiger partial charge in [0, 0.05) is 26.2 Å². The monoisotopic (exact) mass is 247 g/mol. The van der Waals surface area contributed by atoms with Crippen LogP contribution in [0.15, 0.2) is 24.3 Å². The molecule has 0 radical (unpaired) electrons. The number of carbonyl (C=O) groups is 1. The molecule has 1 saturated heterocycles. The molecule has 0 atom stereocenters. The lowest BCUT2D eigenvalue weighted by Crippen LogP contribution is -2.49. The van der Waals surface area contributed by atoms with Crippen LogP contribution in [-0.2, 0) is 4.79 Å². The Morgan fingerprint density at radius 1 is 1.28 bits per heavy atom. The van der Waals surface area contributed by atoms with Crippen LogP contribution in [0.1, 0.15) is 0 Å². The predicted octanol–water partition coefficient (Wildman–Crippen LogP) is 1.39. The molecule has 2 rings (SSSR count). The summed E-state index contributed by atoms with van der Waals surface area (Å²) in [4.78, 5) is 18.2. The fourth-order valence-corrected chi connectivity index (χ4v) is 2.07. The van der Waals surface area contributed by atoms with Crippen molar-refractivity contribution < 1.29 is 9.18 Å². The molecule has 1 aromatic rings. The molecular formula is C13H14FN3O. The normalized spacial score (nSPS) is 15.3. The number of hydrogen-bond donors (Lipinski definition) is 0. The third-order valence-electron chi connectivity index (χ3n) is 3.04. The molecule has 1 amide bonds. The Hall–Kier alpha value is -2.09. The average Bonchev–Trinajstić information content (AvgIpc) is 2.40. The first-order valence-electron chi connectivity index (χ1n) is 5.83. The van der Waals surface area contributed by atoms with Crippen molar-refractivity contribution in [3.8, 4) is 0 Å². The van der Waals surface area contributed by atoms with Crippen LogP contribution in [0.4, 0.5) is 10.1 Å². The summed E-state index contributed by atoms with van der Waals surface area (Å²) >= 11 is 0. The zero-order valence-corrected chi connectivity index (χ0v) is 9.97. The number of rotatable bonds is 2. The Morgan fingerprint density at radius 2 is 1.94 bits per heavy atom. The van der Waals surface area contributed by atoms with E-state index in [1.54, 1.807) is 23.1 Å². The molecule has 4 nitrogen and oxygen atoms in total. The molecule has 0 bridgehead atoms. The van der Waals surface area contributed by atoms with Crippen LogP contribution in [-0.4, -0.2) is 43.5 Å². The van der Waals surface area contributed by atoms with Gasteiger partial charge in [-0.15, -0.1) is 0 Å². The quantitative estimate of drug-likeness (QED) is 0.739. The molecule has 1 aromatic carbocycles. The molecule has 1 heterocycles. The number of hydrogen-bond acceptors (Lipinski definition) is 2. The molecule has 0 saturated carbocycles. The zero-order chi connectivity index (χ0) is 13.0. The van der Waals surface area contributed by atoms with Crippen molar-refractivity contribution in [2.75, 3.05) is 37.6 Å². The number of para-hydroxylation sites is 1. The summed E-state index contributed by atoms with van der Waals surface area (Å²) in [5, 5.41) is 0. The van der Waals surface area contributed by atoms with Gasteiger partial charge in [-0.3, -0.25) is 4.79 Å². The number of nitrogens with zero attached hydrogens (tertiary/aromatic N) is 3. The molecule has 0 aromatic heterocycles. The lowest BCUT2D eigenvalue weighted by molar-refractivity contribution is -0.129. The first kappa shape index (κ1) is 12.4. The molecule has 0 aliphatic carbocycles. The maximum absolute atomic E-state index is 13.6. The average molecular weight is 247 g/mol. The maximum atomic E-state index is 13.6. The third kappa shape index (κ3) is 2.59. The van der Waals surface area contributed by atoms with Crippen molar-refractivity contribution in [2.24, 2.45) is 0 Å². The van der Waals surface area contributed by atoms with Gasteiger partial charge in [0.1, 0.15) is 5.82 Å². The largest absolute Gasteiger partial charge is 0.366 e. The molecule has 0 unspecified atom stereocenters. The van der Waals surface area contributed by atoms with Crippen LogP contribution in [0.3, 0.4) is 0 Å². The van der Waals surface area contributed by atoms with Gasteiger partial charge in [0.25, 0.3) is 6.54 Å². The molecule has 0 spiro atoms. The highest BCUT2D eigenvalue weighted by Crippen LogP contribution is 2.20. The lowest BCUT2D eigenvalue weighted by Gasteiger charge is -2.35. The van der Waals surface area contributed by atoms with E-state index in [1.807, 2.05) is 4.90 Å². The van der Waals surface area contributed by atoms with E-state index in [1.165, 1.54) is 6.07 Å². The Labute approximate surface area is 105 Å². The Kier molecular flexibility index (Phi) is 3.78. The molecule has 1 aliphatic rings. The fraction of sp³-hybridized carbons (Fsp3) is 0.385. The highest BCUT2D eigenvalue weighted by molar-refractivity contribution is 5.80. The molecule has 94 valence electrons. The second kappa shape index (κ2) is 5.50. The van der Waals surface area contributed by atoms with Crippen molar-refractivity contribution in [3.05, 3.63) is 41.5 Å². The van der Waals surface area contributed by atoms with E-state index in [2.05, 4.69) is 4.85 Å². The second-order valence-electron chi connectivity index (χ2n) is 4.14. The molecule has 1 aliphatic heterocycles. The van der Waals surface area contributed by atoms with E-state index in [0.717, 1.165) is 0 Å².